The number of carbonyl (C=O) groups is 1. The molecule has 0 radical (unpaired) electrons. The van der Waals surface area contributed by atoms with E-state index in [2.05, 4.69) is 9.72 Å². The van der Waals surface area contributed by atoms with E-state index in [-0.39, 0.29) is 17.1 Å². The number of esters is 1. The maximum absolute atomic E-state index is 11.1. The Hall–Kier alpha value is -1.86. The Morgan fingerprint density at radius 3 is 2.59 bits per heavy atom. The summed E-state index contributed by atoms with van der Waals surface area (Å²) >= 11 is 0. The van der Waals surface area contributed by atoms with Gasteiger partial charge in [0.05, 0.1) is 12.8 Å². The molecule has 7 heteroatoms. The van der Waals surface area contributed by atoms with Crippen LogP contribution in [-0.4, -0.2) is 34.4 Å². The summed E-state index contributed by atoms with van der Waals surface area (Å²) in [6.07, 6.45) is -3.15. The van der Waals surface area contributed by atoms with E-state index in [0.717, 1.165) is 7.11 Å². The third-order valence-electron chi connectivity index (χ3n) is 2.37. The van der Waals surface area contributed by atoms with Crippen molar-refractivity contribution in [3.8, 4) is 0 Å². The smallest absolute Gasteiger partial charge is 0.337 e. The van der Waals surface area contributed by atoms with E-state index in [9.17, 15) is 15.0 Å². The Morgan fingerprint density at radius 2 is 2.06 bits per heavy atom. The summed E-state index contributed by atoms with van der Waals surface area (Å²) in [5, 5.41) is 19.3. The summed E-state index contributed by atoms with van der Waals surface area (Å²) in [5.74, 6) is -0.807. The van der Waals surface area contributed by atoms with Crippen molar-refractivity contribution in [2.45, 2.75) is 19.1 Å². The molecule has 94 valence electrons. The van der Waals surface area contributed by atoms with Crippen LogP contribution in [0.15, 0.2) is 6.07 Å². The lowest BCUT2D eigenvalue weighted by Crippen LogP contribution is -2.29. The average molecular weight is 241 g/mol. The molecule has 1 aromatic heterocycles. The van der Waals surface area contributed by atoms with Crippen molar-refractivity contribution < 1.29 is 19.7 Å². The van der Waals surface area contributed by atoms with Gasteiger partial charge in [-0.15, -0.1) is 0 Å². The lowest BCUT2D eigenvalue weighted by Gasteiger charge is -2.18. The predicted octanol–water partition coefficient (Wildman–Crippen LogP) is -0.878. The molecule has 0 bridgehead atoms. The number of aliphatic hydroxyl groups is 2. The van der Waals surface area contributed by atoms with Crippen molar-refractivity contribution in [2.24, 2.45) is 0 Å². The molecule has 1 aromatic rings. The number of rotatable bonds is 3. The summed E-state index contributed by atoms with van der Waals surface area (Å²) in [6, 6.07) is 1.37. The molecule has 0 aliphatic heterocycles. The topological polar surface area (TPSA) is 132 Å². The Kier molecular flexibility index (Phi) is 3.87. The highest BCUT2D eigenvalue weighted by Crippen LogP contribution is 2.25. The minimum Gasteiger partial charge on any atom is -0.467 e. The third kappa shape index (κ3) is 2.63. The van der Waals surface area contributed by atoms with E-state index in [1.807, 2.05) is 0 Å². The monoisotopic (exact) mass is 241 g/mol. The van der Waals surface area contributed by atoms with Crippen LogP contribution < -0.4 is 11.5 Å². The van der Waals surface area contributed by atoms with Gasteiger partial charge in [0, 0.05) is 11.3 Å². The summed E-state index contributed by atoms with van der Waals surface area (Å²) in [7, 11) is 1.11. The van der Waals surface area contributed by atoms with Gasteiger partial charge in [-0.25, -0.2) is 9.78 Å². The van der Waals surface area contributed by atoms with Crippen molar-refractivity contribution >= 4 is 17.5 Å². The molecule has 6 N–H and O–H groups in total. The standard InChI is InChI=1S/C10H15N3O4/c1-4-5(3-6(11)9(12)13-4)7(14)8(15)10(16)17-2/h3,7-8,14-15H,11H2,1-2H3,(H2,12,13). The van der Waals surface area contributed by atoms with Crippen LogP contribution in [0.5, 0.6) is 0 Å². The van der Waals surface area contributed by atoms with E-state index in [1.54, 1.807) is 6.92 Å². The van der Waals surface area contributed by atoms with Crippen LogP contribution in [0.2, 0.25) is 0 Å². The fraction of sp³-hybridized carbons (Fsp3) is 0.400. The zero-order valence-electron chi connectivity index (χ0n) is 9.54. The predicted molar refractivity (Wildman–Crippen MR) is 60.8 cm³/mol. The number of nitrogens with zero attached hydrogens (tertiary/aromatic N) is 1. The molecule has 0 amide bonds. The van der Waals surface area contributed by atoms with Crippen molar-refractivity contribution in [2.75, 3.05) is 18.6 Å². The molecule has 1 heterocycles. The minimum absolute atomic E-state index is 0.131. The molecular weight excluding hydrogens is 226 g/mol. The number of ether oxygens (including phenoxy) is 1. The van der Waals surface area contributed by atoms with E-state index >= 15 is 0 Å². The van der Waals surface area contributed by atoms with Crippen molar-refractivity contribution in [3.05, 3.63) is 17.3 Å². The lowest BCUT2D eigenvalue weighted by molar-refractivity contribution is -0.156. The molecule has 0 saturated heterocycles. The Labute approximate surface area is 98.0 Å². The first-order valence-corrected chi connectivity index (χ1v) is 4.85. The maximum atomic E-state index is 11.1. The van der Waals surface area contributed by atoms with Gasteiger partial charge in [-0.3, -0.25) is 0 Å². The highest BCUT2D eigenvalue weighted by atomic mass is 16.5. The number of aromatic nitrogens is 1. The number of aliphatic hydroxyl groups excluding tert-OH is 2. The quantitative estimate of drug-likeness (QED) is 0.505. The van der Waals surface area contributed by atoms with Crippen LogP contribution in [0.1, 0.15) is 17.4 Å². The summed E-state index contributed by atoms with van der Waals surface area (Å²) in [4.78, 5) is 15.0. The number of pyridine rings is 1. The fourth-order valence-corrected chi connectivity index (χ4v) is 1.37. The van der Waals surface area contributed by atoms with E-state index in [1.165, 1.54) is 6.07 Å². The van der Waals surface area contributed by atoms with Gasteiger partial charge in [-0.1, -0.05) is 0 Å². The Bertz CT molecular complexity index is 436. The van der Waals surface area contributed by atoms with Crippen molar-refractivity contribution in [1.29, 1.82) is 0 Å². The molecule has 0 aliphatic rings. The van der Waals surface area contributed by atoms with Crippen LogP contribution in [0.25, 0.3) is 0 Å². The first kappa shape index (κ1) is 13.2. The maximum Gasteiger partial charge on any atom is 0.337 e. The number of aryl methyl sites for hydroxylation is 1. The van der Waals surface area contributed by atoms with E-state index < -0.39 is 18.2 Å². The van der Waals surface area contributed by atoms with Gasteiger partial charge in [0.2, 0.25) is 0 Å². The molecule has 2 atom stereocenters. The van der Waals surface area contributed by atoms with Gasteiger partial charge in [-0.2, -0.15) is 0 Å². The van der Waals surface area contributed by atoms with Crippen molar-refractivity contribution in [3.63, 3.8) is 0 Å². The lowest BCUT2D eigenvalue weighted by atomic mass is 10.0. The van der Waals surface area contributed by atoms with E-state index in [4.69, 9.17) is 11.5 Å². The fourth-order valence-electron chi connectivity index (χ4n) is 1.37. The summed E-state index contributed by atoms with van der Waals surface area (Å²) in [5.41, 5.74) is 11.8. The largest absolute Gasteiger partial charge is 0.467 e. The Morgan fingerprint density at radius 1 is 1.47 bits per heavy atom. The molecular formula is C10H15N3O4. The first-order chi connectivity index (χ1) is 7.88. The molecule has 0 aromatic carbocycles. The SMILES string of the molecule is COC(=O)C(O)C(O)c1cc(N)c(N)nc1C. The summed E-state index contributed by atoms with van der Waals surface area (Å²) < 4.78 is 4.32. The molecule has 0 aliphatic carbocycles. The second kappa shape index (κ2) is 4.98. The van der Waals surface area contributed by atoms with Crippen LogP contribution in [0, 0.1) is 6.92 Å². The van der Waals surface area contributed by atoms with Gasteiger partial charge in [0.25, 0.3) is 0 Å². The highest BCUT2D eigenvalue weighted by Gasteiger charge is 2.28. The van der Waals surface area contributed by atoms with Gasteiger partial charge < -0.3 is 26.4 Å². The number of methoxy groups -OCH3 is 1. The van der Waals surface area contributed by atoms with Gasteiger partial charge in [-0.05, 0) is 13.0 Å². The molecule has 2 unspecified atom stereocenters. The van der Waals surface area contributed by atoms with Crippen molar-refractivity contribution in [1.82, 2.24) is 4.98 Å². The molecule has 17 heavy (non-hydrogen) atoms. The van der Waals surface area contributed by atoms with Crippen LogP contribution in [0.4, 0.5) is 11.5 Å². The molecule has 1 rings (SSSR count). The normalized spacial score (nSPS) is 14.1. The van der Waals surface area contributed by atoms with Crippen LogP contribution in [0.3, 0.4) is 0 Å². The van der Waals surface area contributed by atoms with Gasteiger partial charge >= 0.3 is 5.97 Å². The second-order valence-electron chi connectivity index (χ2n) is 3.55. The number of nitrogens with two attached hydrogens (primary N) is 2. The highest BCUT2D eigenvalue weighted by molar-refractivity contribution is 5.75. The van der Waals surface area contributed by atoms with Crippen LogP contribution >= 0.6 is 0 Å². The number of nitrogen functional groups attached to an aromatic ring is 2. The number of carbonyl (C=O) groups excluding carboxylic acids is 1. The first-order valence-electron chi connectivity index (χ1n) is 4.85. The zero-order valence-corrected chi connectivity index (χ0v) is 9.54. The van der Waals surface area contributed by atoms with Gasteiger partial charge in [0.1, 0.15) is 11.9 Å². The molecule has 0 spiro atoms. The minimum atomic E-state index is -1.69. The number of hydrogen-bond donors (Lipinski definition) is 4. The Balaban J connectivity index is 3.08. The van der Waals surface area contributed by atoms with Crippen LogP contribution in [-0.2, 0) is 9.53 Å². The number of anilines is 2. The summed E-state index contributed by atoms with van der Waals surface area (Å²) in [6.45, 7) is 1.58. The zero-order chi connectivity index (χ0) is 13.2. The second-order valence-corrected chi connectivity index (χ2v) is 3.55. The molecule has 7 nitrogen and oxygen atoms in total. The van der Waals surface area contributed by atoms with Gasteiger partial charge in [0.15, 0.2) is 6.10 Å². The van der Waals surface area contributed by atoms with E-state index in [0.29, 0.717) is 5.69 Å². The molecule has 0 fully saturated rings. The molecule has 0 saturated carbocycles. The average Bonchev–Trinajstić information content (AvgIpc) is 2.31. The number of hydrogen-bond acceptors (Lipinski definition) is 7. The third-order valence-corrected chi connectivity index (χ3v) is 2.37.